The molecule has 0 radical (unpaired) electrons. The van der Waals surface area contributed by atoms with E-state index in [2.05, 4.69) is 11.1 Å². The fourth-order valence-corrected chi connectivity index (χ4v) is 2.12. The van der Waals surface area contributed by atoms with Crippen molar-refractivity contribution >= 4 is 28.2 Å². The highest BCUT2D eigenvalue weighted by molar-refractivity contribution is 6.30. The summed E-state index contributed by atoms with van der Waals surface area (Å²) in [7, 11) is 0. The maximum Gasteiger partial charge on any atom is 0.237 e. The number of nitrogens with zero attached hydrogens (tertiary/aromatic N) is 2. The number of nitrogen functional groups attached to an aromatic ring is 1. The number of anilines is 1. The standard InChI is InChI=1S/C16H10ClN3O/c17-12-5-6-13(19)15(8-12)21-16-11(9-18)7-10-3-1-2-4-14(10)20-16/h1-8H,19H2. The van der Waals surface area contributed by atoms with Crippen LogP contribution >= 0.6 is 11.6 Å². The van der Waals surface area contributed by atoms with Gasteiger partial charge in [0.15, 0.2) is 5.75 Å². The molecule has 0 aliphatic heterocycles. The van der Waals surface area contributed by atoms with E-state index in [0.717, 1.165) is 10.9 Å². The molecule has 3 aromatic rings. The molecular formula is C16H10ClN3O. The van der Waals surface area contributed by atoms with E-state index < -0.39 is 0 Å². The Labute approximate surface area is 126 Å². The summed E-state index contributed by atoms with van der Waals surface area (Å²) in [5.41, 5.74) is 7.36. The van der Waals surface area contributed by atoms with Crippen molar-refractivity contribution in [3.8, 4) is 17.7 Å². The van der Waals surface area contributed by atoms with Gasteiger partial charge in [0, 0.05) is 16.5 Å². The molecule has 2 aromatic carbocycles. The Hall–Kier alpha value is -2.77. The van der Waals surface area contributed by atoms with Crippen LogP contribution in [0, 0.1) is 11.3 Å². The molecule has 0 amide bonds. The van der Waals surface area contributed by atoms with Gasteiger partial charge in [-0.2, -0.15) is 5.26 Å². The van der Waals surface area contributed by atoms with Crippen LogP contribution < -0.4 is 10.5 Å². The number of ether oxygens (including phenoxy) is 1. The number of nitrogens with two attached hydrogens (primary N) is 1. The van der Waals surface area contributed by atoms with Gasteiger partial charge < -0.3 is 10.5 Å². The average molecular weight is 296 g/mol. The van der Waals surface area contributed by atoms with E-state index in [4.69, 9.17) is 22.1 Å². The predicted octanol–water partition coefficient (Wildman–Crippen LogP) is 4.13. The van der Waals surface area contributed by atoms with Gasteiger partial charge in [0.05, 0.1) is 11.2 Å². The third kappa shape index (κ3) is 2.60. The van der Waals surface area contributed by atoms with Gasteiger partial charge in [-0.3, -0.25) is 0 Å². The third-order valence-electron chi connectivity index (χ3n) is 2.99. The van der Waals surface area contributed by atoms with E-state index in [1.165, 1.54) is 0 Å². The van der Waals surface area contributed by atoms with Gasteiger partial charge in [-0.15, -0.1) is 0 Å². The first-order valence-electron chi connectivity index (χ1n) is 6.20. The number of fused-ring (bicyclic) bond motifs is 1. The molecule has 5 heteroatoms. The Balaban J connectivity index is 2.11. The number of pyridine rings is 1. The van der Waals surface area contributed by atoms with Crippen molar-refractivity contribution in [2.24, 2.45) is 0 Å². The van der Waals surface area contributed by atoms with E-state index in [9.17, 15) is 5.26 Å². The molecule has 0 unspecified atom stereocenters. The minimum absolute atomic E-state index is 0.213. The van der Waals surface area contributed by atoms with Crippen molar-refractivity contribution in [2.45, 2.75) is 0 Å². The highest BCUT2D eigenvalue weighted by atomic mass is 35.5. The third-order valence-corrected chi connectivity index (χ3v) is 3.23. The van der Waals surface area contributed by atoms with Gasteiger partial charge in [0.1, 0.15) is 11.6 Å². The maximum absolute atomic E-state index is 9.25. The second-order valence-corrected chi connectivity index (χ2v) is 4.87. The van der Waals surface area contributed by atoms with E-state index in [1.807, 2.05) is 24.3 Å². The molecule has 0 aliphatic carbocycles. The fourth-order valence-electron chi connectivity index (χ4n) is 1.96. The van der Waals surface area contributed by atoms with Crippen LogP contribution in [0.5, 0.6) is 11.6 Å². The summed E-state index contributed by atoms with van der Waals surface area (Å²) in [6.07, 6.45) is 0. The Morgan fingerprint density at radius 3 is 2.76 bits per heavy atom. The average Bonchev–Trinajstić information content (AvgIpc) is 2.50. The molecule has 4 nitrogen and oxygen atoms in total. The summed E-state index contributed by atoms with van der Waals surface area (Å²) in [6, 6.07) is 16.2. The lowest BCUT2D eigenvalue weighted by Crippen LogP contribution is -1.96. The molecule has 3 rings (SSSR count). The zero-order valence-electron chi connectivity index (χ0n) is 10.9. The number of hydrogen-bond donors (Lipinski definition) is 1. The second-order valence-electron chi connectivity index (χ2n) is 4.43. The van der Waals surface area contributed by atoms with Gasteiger partial charge >= 0.3 is 0 Å². The summed E-state index contributed by atoms with van der Waals surface area (Å²) in [5, 5.41) is 10.6. The number of aromatic nitrogens is 1. The largest absolute Gasteiger partial charge is 0.435 e. The first kappa shape index (κ1) is 13.2. The molecule has 0 fully saturated rings. The summed E-state index contributed by atoms with van der Waals surface area (Å²) in [4.78, 5) is 4.37. The van der Waals surface area contributed by atoms with Crippen molar-refractivity contribution in [1.29, 1.82) is 5.26 Å². The van der Waals surface area contributed by atoms with Crippen LogP contribution in [0.15, 0.2) is 48.5 Å². The maximum atomic E-state index is 9.25. The molecule has 0 aliphatic rings. The van der Waals surface area contributed by atoms with Crippen molar-refractivity contribution in [2.75, 3.05) is 5.73 Å². The van der Waals surface area contributed by atoms with Crippen LogP contribution in [0.4, 0.5) is 5.69 Å². The highest BCUT2D eigenvalue weighted by Gasteiger charge is 2.11. The van der Waals surface area contributed by atoms with E-state index in [0.29, 0.717) is 22.0 Å². The Bertz CT molecular complexity index is 871. The van der Waals surface area contributed by atoms with Crippen LogP contribution in [0.1, 0.15) is 5.56 Å². The molecule has 0 bridgehead atoms. The van der Waals surface area contributed by atoms with Crippen LogP contribution in [-0.2, 0) is 0 Å². The van der Waals surface area contributed by atoms with E-state index in [-0.39, 0.29) is 5.88 Å². The van der Waals surface area contributed by atoms with E-state index >= 15 is 0 Å². The lowest BCUT2D eigenvalue weighted by atomic mass is 10.1. The first-order chi connectivity index (χ1) is 10.2. The first-order valence-corrected chi connectivity index (χ1v) is 6.58. The Kier molecular flexibility index (Phi) is 3.35. The van der Waals surface area contributed by atoms with Crippen molar-refractivity contribution in [1.82, 2.24) is 4.98 Å². The lowest BCUT2D eigenvalue weighted by molar-refractivity contribution is 0.466. The molecule has 0 saturated heterocycles. The smallest absolute Gasteiger partial charge is 0.237 e. The highest BCUT2D eigenvalue weighted by Crippen LogP contribution is 2.32. The molecule has 0 atom stereocenters. The number of nitriles is 1. The number of benzene rings is 2. The minimum Gasteiger partial charge on any atom is -0.435 e. The van der Waals surface area contributed by atoms with Crippen LogP contribution in [0.25, 0.3) is 10.9 Å². The zero-order valence-corrected chi connectivity index (χ0v) is 11.6. The fraction of sp³-hybridized carbons (Fsp3) is 0. The number of hydrogen-bond acceptors (Lipinski definition) is 4. The van der Waals surface area contributed by atoms with Gasteiger partial charge in [-0.05, 0) is 24.3 Å². The monoisotopic (exact) mass is 295 g/mol. The SMILES string of the molecule is N#Cc1cc2ccccc2nc1Oc1cc(Cl)ccc1N. The topological polar surface area (TPSA) is 71.9 Å². The second kappa shape index (κ2) is 5.31. The van der Waals surface area contributed by atoms with Crippen molar-refractivity contribution in [3.05, 3.63) is 59.1 Å². The molecule has 0 spiro atoms. The predicted molar refractivity (Wildman–Crippen MR) is 82.4 cm³/mol. The zero-order chi connectivity index (χ0) is 14.8. The quantitative estimate of drug-likeness (QED) is 0.721. The summed E-state index contributed by atoms with van der Waals surface area (Å²) in [5.74, 6) is 0.590. The Morgan fingerprint density at radius 1 is 1.14 bits per heavy atom. The van der Waals surface area contributed by atoms with E-state index in [1.54, 1.807) is 24.3 Å². The Morgan fingerprint density at radius 2 is 1.95 bits per heavy atom. The molecule has 21 heavy (non-hydrogen) atoms. The summed E-state index contributed by atoms with van der Waals surface area (Å²) in [6.45, 7) is 0. The molecule has 2 N–H and O–H groups in total. The number of rotatable bonds is 2. The van der Waals surface area contributed by atoms with Crippen LogP contribution in [0.3, 0.4) is 0 Å². The molecule has 1 heterocycles. The van der Waals surface area contributed by atoms with Crippen LogP contribution in [-0.4, -0.2) is 4.98 Å². The summed E-state index contributed by atoms with van der Waals surface area (Å²) < 4.78 is 5.68. The lowest BCUT2D eigenvalue weighted by Gasteiger charge is -2.10. The molecular weight excluding hydrogens is 286 g/mol. The summed E-state index contributed by atoms with van der Waals surface area (Å²) >= 11 is 5.93. The van der Waals surface area contributed by atoms with Crippen LogP contribution in [0.2, 0.25) is 5.02 Å². The van der Waals surface area contributed by atoms with Gasteiger partial charge in [-0.25, -0.2) is 4.98 Å². The molecule has 102 valence electrons. The number of halogens is 1. The molecule has 0 saturated carbocycles. The number of para-hydroxylation sites is 1. The van der Waals surface area contributed by atoms with Gasteiger partial charge in [0.2, 0.25) is 5.88 Å². The minimum atomic E-state index is 0.213. The van der Waals surface area contributed by atoms with Gasteiger partial charge in [-0.1, -0.05) is 29.8 Å². The van der Waals surface area contributed by atoms with Gasteiger partial charge in [0.25, 0.3) is 0 Å². The molecule has 1 aromatic heterocycles. The van der Waals surface area contributed by atoms with Crippen molar-refractivity contribution < 1.29 is 4.74 Å². The normalized spacial score (nSPS) is 10.3. The van der Waals surface area contributed by atoms with Crippen molar-refractivity contribution in [3.63, 3.8) is 0 Å².